The number of rotatable bonds is 5. The molecular formula is C21H17F3N2O2. The maximum atomic E-state index is 12.6. The number of aryl methyl sites for hydroxylation is 1. The number of ether oxygens (including phenoxy) is 1. The van der Waals surface area contributed by atoms with Gasteiger partial charge < -0.3 is 10.5 Å². The van der Waals surface area contributed by atoms with Crippen molar-refractivity contribution in [3.63, 3.8) is 0 Å². The summed E-state index contributed by atoms with van der Waals surface area (Å²) in [5.74, 6) is -0.149. The fraction of sp³-hybridized carbons (Fsp3) is 0.143. The van der Waals surface area contributed by atoms with Gasteiger partial charge in [-0.25, -0.2) is 0 Å². The smallest absolute Gasteiger partial charge is 0.416 e. The predicted octanol–water partition coefficient (Wildman–Crippen LogP) is 4.75. The van der Waals surface area contributed by atoms with Crippen molar-refractivity contribution in [2.24, 2.45) is 5.73 Å². The van der Waals surface area contributed by atoms with Gasteiger partial charge in [0, 0.05) is 17.3 Å². The fourth-order valence-electron chi connectivity index (χ4n) is 2.73. The molecule has 1 heterocycles. The monoisotopic (exact) mass is 386 g/mol. The van der Waals surface area contributed by atoms with Crippen LogP contribution in [-0.4, -0.2) is 10.9 Å². The van der Waals surface area contributed by atoms with Crippen LogP contribution in [0.25, 0.3) is 11.3 Å². The highest BCUT2D eigenvalue weighted by Crippen LogP contribution is 2.30. The van der Waals surface area contributed by atoms with E-state index in [-0.39, 0.29) is 6.61 Å². The van der Waals surface area contributed by atoms with Gasteiger partial charge in [-0.1, -0.05) is 6.07 Å². The zero-order chi connectivity index (χ0) is 20.3. The van der Waals surface area contributed by atoms with Gasteiger partial charge in [0.05, 0.1) is 11.3 Å². The number of pyridine rings is 1. The van der Waals surface area contributed by atoms with Crippen molar-refractivity contribution in [2.75, 3.05) is 0 Å². The number of nitrogens with two attached hydrogens (primary N) is 1. The van der Waals surface area contributed by atoms with E-state index in [0.717, 1.165) is 28.8 Å². The first-order valence-corrected chi connectivity index (χ1v) is 8.40. The lowest BCUT2D eigenvalue weighted by molar-refractivity contribution is -0.137. The van der Waals surface area contributed by atoms with Crippen LogP contribution in [0.1, 0.15) is 27.0 Å². The number of primary amides is 1. The van der Waals surface area contributed by atoms with E-state index in [1.54, 1.807) is 31.3 Å². The molecule has 3 rings (SSSR count). The second kappa shape index (κ2) is 7.72. The van der Waals surface area contributed by atoms with Gasteiger partial charge in [0.1, 0.15) is 12.4 Å². The molecule has 1 amide bonds. The summed E-state index contributed by atoms with van der Waals surface area (Å²) < 4.78 is 43.4. The summed E-state index contributed by atoms with van der Waals surface area (Å²) >= 11 is 0. The average Bonchev–Trinajstić information content (AvgIpc) is 2.66. The Hall–Kier alpha value is -3.35. The van der Waals surface area contributed by atoms with Gasteiger partial charge in [-0.3, -0.25) is 9.78 Å². The molecule has 0 spiro atoms. The molecule has 0 radical (unpaired) electrons. The number of alkyl halides is 3. The van der Waals surface area contributed by atoms with E-state index in [4.69, 9.17) is 10.5 Å². The van der Waals surface area contributed by atoms with Crippen molar-refractivity contribution >= 4 is 5.91 Å². The van der Waals surface area contributed by atoms with Gasteiger partial charge in [-0.15, -0.1) is 0 Å². The molecule has 2 aromatic carbocycles. The topological polar surface area (TPSA) is 65.2 Å². The maximum absolute atomic E-state index is 12.6. The first kappa shape index (κ1) is 19.4. The summed E-state index contributed by atoms with van der Waals surface area (Å²) in [5, 5.41) is 0. The number of carbonyl (C=O) groups is 1. The van der Waals surface area contributed by atoms with Crippen LogP contribution in [0.3, 0.4) is 0 Å². The lowest BCUT2D eigenvalue weighted by atomic mass is 10.0. The lowest BCUT2D eigenvalue weighted by Gasteiger charge is -2.10. The number of amides is 1. The van der Waals surface area contributed by atoms with E-state index in [9.17, 15) is 18.0 Å². The Bertz CT molecular complexity index is 999. The minimum absolute atomic E-state index is 0.180. The third-order valence-electron chi connectivity index (χ3n) is 4.20. The molecule has 3 aromatic rings. The zero-order valence-corrected chi connectivity index (χ0v) is 15.0. The minimum Gasteiger partial charge on any atom is -0.489 e. The second-order valence-corrected chi connectivity index (χ2v) is 6.25. The highest BCUT2D eigenvalue weighted by molar-refractivity contribution is 5.94. The van der Waals surface area contributed by atoms with Crippen LogP contribution in [-0.2, 0) is 12.8 Å². The van der Waals surface area contributed by atoms with Crippen molar-refractivity contribution in [1.29, 1.82) is 0 Å². The van der Waals surface area contributed by atoms with E-state index in [1.165, 1.54) is 12.1 Å². The number of carbonyl (C=O) groups excluding carboxylic acids is 1. The highest BCUT2D eigenvalue weighted by Gasteiger charge is 2.30. The standard InChI is InChI=1S/C21H17F3N2O2/c1-13-10-15(2-7-18(13)20(25)27)19-11-14(8-9-26-19)12-28-17-5-3-16(4-6-17)21(22,23)24/h2-11H,12H2,1H3,(H2,25,27). The molecule has 7 heteroatoms. The van der Waals surface area contributed by atoms with Crippen LogP contribution in [0.15, 0.2) is 60.8 Å². The number of hydrogen-bond acceptors (Lipinski definition) is 3. The predicted molar refractivity (Wildman–Crippen MR) is 98.7 cm³/mol. The quantitative estimate of drug-likeness (QED) is 0.688. The normalized spacial score (nSPS) is 11.3. The molecule has 1 aromatic heterocycles. The number of aromatic nitrogens is 1. The van der Waals surface area contributed by atoms with E-state index in [1.807, 2.05) is 12.1 Å². The Morgan fingerprint density at radius 2 is 1.79 bits per heavy atom. The molecule has 144 valence electrons. The average molecular weight is 386 g/mol. The van der Waals surface area contributed by atoms with E-state index in [2.05, 4.69) is 4.98 Å². The molecule has 2 N–H and O–H groups in total. The lowest BCUT2D eigenvalue weighted by Crippen LogP contribution is -2.12. The summed E-state index contributed by atoms with van der Waals surface area (Å²) in [7, 11) is 0. The zero-order valence-electron chi connectivity index (χ0n) is 15.0. The number of halogens is 3. The molecule has 0 bridgehead atoms. The summed E-state index contributed by atoms with van der Waals surface area (Å²) in [6, 6.07) is 13.4. The molecule has 0 saturated carbocycles. The van der Waals surface area contributed by atoms with Crippen LogP contribution in [0.2, 0.25) is 0 Å². The SMILES string of the molecule is Cc1cc(-c2cc(COc3ccc(C(F)(F)F)cc3)ccn2)ccc1C(N)=O. The Labute approximate surface area is 159 Å². The van der Waals surface area contributed by atoms with Crippen molar-refractivity contribution in [3.05, 3.63) is 83.0 Å². The third kappa shape index (κ3) is 4.49. The minimum atomic E-state index is -4.37. The largest absolute Gasteiger partial charge is 0.489 e. The van der Waals surface area contributed by atoms with Gasteiger partial charge >= 0.3 is 6.18 Å². The number of benzene rings is 2. The Kier molecular flexibility index (Phi) is 5.35. The number of nitrogens with zero attached hydrogens (tertiary/aromatic N) is 1. The first-order valence-electron chi connectivity index (χ1n) is 8.40. The van der Waals surface area contributed by atoms with Crippen molar-refractivity contribution in [1.82, 2.24) is 4.98 Å². The van der Waals surface area contributed by atoms with Crippen LogP contribution >= 0.6 is 0 Å². The molecule has 0 aliphatic rings. The van der Waals surface area contributed by atoms with E-state index >= 15 is 0 Å². The second-order valence-electron chi connectivity index (χ2n) is 6.25. The Balaban J connectivity index is 1.73. The van der Waals surface area contributed by atoms with Gasteiger partial charge in [0.15, 0.2) is 0 Å². The van der Waals surface area contributed by atoms with Crippen LogP contribution in [0, 0.1) is 6.92 Å². The van der Waals surface area contributed by atoms with Crippen molar-refractivity contribution < 1.29 is 22.7 Å². The van der Waals surface area contributed by atoms with E-state index in [0.29, 0.717) is 17.0 Å². The maximum Gasteiger partial charge on any atom is 0.416 e. The van der Waals surface area contributed by atoms with E-state index < -0.39 is 17.6 Å². The number of hydrogen-bond donors (Lipinski definition) is 1. The van der Waals surface area contributed by atoms with Crippen molar-refractivity contribution in [3.8, 4) is 17.0 Å². The summed E-state index contributed by atoms with van der Waals surface area (Å²) in [6.45, 7) is 1.97. The van der Waals surface area contributed by atoms with Crippen LogP contribution < -0.4 is 10.5 Å². The Morgan fingerprint density at radius 3 is 2.39 bits per heavy atom. The third-order valence-corrected chi connectivity index (χ3v) is 4.20. The highest BCUT2D eigenvalue weighted by atomic mass is 19.4. The van der Waals surface area contributed by atoms with Gasteiger partial charge in [-0.2, -0.15) is 13.2 Å². The molecule has 0 fully saturated rings. The molecule has 0 aliphatic heterocycles. The molecular weight excluding hydrogens is 369 g/mol. The molecule has 0 aliphatic carbocycles. The fourth-order valence-corrected chi connectivity index (χ4v) is 2.73. The molecule has 0 unspecified atom stereocenters. The van der Waals surface area contributed by atoms with Gasteiger partial charge in [0.2, 0.25) is 5.91 Å². The summed E-state index contributed by atoms with van der Waals surface area (Å²) in [6.07, 6.45) is -2.75. The Morgan fingerprint density at radius 1 is 1.07 bits per heavy atom. The van der Waals surface area contributed by atoms with Gasteiger partial charge in [-0.05, 0) is 66.6 Å². The summed E-state index contributed by atoms with van der Waals surface area (Å²) in [5.41, 5.74) is 8.11. The van der Waals surface area contributed by atoms with Gasteiger partial charge in [0.25, 0.3) is 0 Å². The van der Waals surface area contributed by atoms with Crippen LogP contribution in [0.4, 0.5) is 13.2 Å². The van der Waals surface area contributed by atoms with Crippen LogP contribution in [0.5, 0.6) is 5.75 Å². The molecule has 28 heavy (non-hydrogen) atoms. The molecule has 0 atom stereocenters. The summed E-state index contributed by atoms with van der Waals surface area (Å²) in [4.78, 5) is 15.7. The molecule has 0 saturated heterocycles. The molecule has 4 nitrogen and oxygen atoms in total. The first-order chi connectivity index (χ1) is 13.2. The van der Waals surface area contributed by atoms with Crippen molar-refractivity contribution in [2.45, 2.75) is 19.7 Å².